The molecule has 1 N–H and O–H groups in total. The first-order valence-corrected chi connectivity index (χ1v) is 9.58. The van der Waals surface area contributed by atoms with Gasteiger partial charge in [-0.05, 0) is 18.2 Å². The summed E-state index contributed by atoms with van der Waals surface area (Å²) in [5.41, 5.74) is 0. The minimum Gasteiger partial charge on any atom is -0.439 e. The number of rotatable bonds is 4. The number of halogens is 2. The summed E-state index contributed by atoms with van der Waals surface area (Å²) in [5.74, 6) is -0.0292. The van der Waals surface area contributed by atoms with Crippen LogP contribution in [0.15, 0.2) is 41.4 Å². The molecule has 1 aromatic carbocycles. The first-order valence-electron chi connectivity index (χ1n) is 7.77. The molecule has 0 atom stereocenters. The van der Waals surface area contributed by atoms with Crippen LogP contribution in [0.1, 0.15) is 0 Å². The molecule has 1 aliphatic heterocycles. The average molecular weight is 387 g/mol. The molecule has 25 heavy (non-hydrogen) atoms. The second kappa shape index (κ2) is 7.25. The number of piperazine rings is 1. The van der Waals surface area contributed by atoms with Gasteiger partial charge in [-0.25, -0.2) is 17.8 Å². The molecule has 1 aromatic heterocycles. The minimum atomic E-state index is -3.56. The van der Waals surface area contributed by atoms with Gasteiger partial charge in [0.25, 0.3) is 0 Å². The molecule has 0 aliphatic carbocycles. The van der Waals surface area contributed by atoms with E-state index >= 15 is 0 Å². The van der Waals surface area contributed by atoms with Crippen molar-refractivity contribution >= 4 is 21.6 Å². The topological polar surface area (TPSA) is 63.9 Å². The first-order chi connectivity index (χ1) is 11.9. The lowest BCUT2D eigenvalue weighted by Crippen LogP contribution is -3.12. The second-order valence-electron chi connectivity index (χ2n) is 5.87. The summed E-state index contributed by atoms with van der Waals surface area (Å²) >= 11 is 5.70. The SMILES string of the molecule is C[NH+]1CCN(S(=O)(=O)c2ccc(Oc3ccc(F)c(Cl)c3)nc2)CC1. The maximum Gasteiger partial charge on any atom is 0.245 e. The number of pyridine rings is 1. The van der Waals surface area contributed by atoms with E-state index in [9.17, 15) is 12.8 Å². The molecule has 6 nitrogen and oxygen atoms in total. The molecular weight excluding hydrogens is 369 g/mol. The zero-order chi connectivity index (χ0) is 18.0. The molecule has 0 unspecified atom stereocenters. The van der Waals surface area contributed by atoms with E-state index in [1.165, 1.54) is 45.7 Å². The van der Waals surface area contributed by atoms with Gasteiger partial charge < -0.3 is 9.64 Å². The van der Waals surface area contributed by atoms with E-state index in [1.54, 1.807) is 0 Å². The number of nitrogens with zero attached hydrogens (tertiary/aromatic N) is 2. The standard InChI is InChI=1S/C16H17ClFN3O3S/c1-20-6-8-21(9-7-20)25(22,23)13-3-5-16(19-11-13)24-12-2-4-15(18)14(17)10-12/h2-5,10-11H,6-9H2,1H3/p+1. The number of hydrogen-bond donors (Lipinski definition) is 1. The highest BCUT2D eigenvalue weighted by Crippen LogP contribution is 2.26. The van der Waals surface area contributed by atoms with Crippen molar-refractivity contribution in [2.24, 2.45) is 0 Å². The van der Waals surface area contributed by atoms with Crippen LogP contribution in [0.5, 0.6) is 11.6 Å². The average Bonchev–Trinajstić information content (AvgIpc) is 2.59. The Hall–Kier alpha value is -1.74. The van der Waals surface area contributed by atoms with Gasteiger partial charge in [0.05, 0.1) is 44.4 Å². The lowest BCUT2D eigenvalue weighted by atomic mass is 10.3. The highest BCUT2D eigenvalue weighted by molar-refractivity contribution is 7.89. The number of likely N-dealkylation sites (N-methyl/N-ethyl adjacent to an activating group) is 1. The normalized spacial score (nSPS) is 16.8. The molecule has 3 rings (SSSR count). The van der Waals surface area contributed by atoms with Gasteiger partial charge in [0, 0.05) is 12.1 Å². The quantitative estimate of drug-likeness (QED) is 0.857. The molecule has 1 saturated heterocycles. The van der Waals surface area contributed by atoms with Crippen molar-refractivity contribution in [2.45, 2.75) is 4.90 Å². The molecule has 134 valence electrons. The van der Waals surface area contributed by atoms with Crippen LogP contribution < -0.4 is 9.64 Å². The van der Waals surface area contributed by atoms with Crippen LogP contribution in [0.2, 0.25) is 5.02 Å². The van der Waals surface area contributed by atoms with Gasteiger partial charge >= 0.3 is 0 Å². The van der Waals surface area contributed by atoms with E-state index in [0.29, 0.717) is 18.8 Å². The van der Waals surface area contributed by atoms with Crippen molar-refractivity contribution in [3.8, 4) is 11.6 Å². The van der Waals surface area contributed by atoms with Crippen molar-refractivity contribution in [3.05, 3.63) is 47.4 Å². The molecule has 9 heteroatoms. The van der Waals surface area contributed by atoms with Crippen LogP contribution in [0.25, 0.3) is 0 Å². The predicted molar refractivity (Wildman–Crippen MR) is 91.1 cm³/mol. The van der Waals surface area contributed by atoms with Gasteiger partial charge in [0.1, 0.15) is 16.5 Å². The smallest absolute Gasteiger partial charge is 0.245 e. The van der Waals surface area contributed by atoms with E-state index in [-0.39, 0.29) is 15.8 Å². The molecule has 0 saturated carbocycles. The second-order valence-corrected chi connectivity index (χ2v) is 8.22. The van der Waals surface area contributed by atoms with Gasteiger partial charge in [-0.2, -0.15) is 4.31 Å². The molecule has 0 radical (unpaired) electrons. The van der Waals surface area contributed by atoms with E-state index in [4.69, 9.17) is 16.3 Å². The van der Waals surface area contributed by atoms with Crippen molar-refractivity contribution in [1.82, 2.24) is 9.29 Å². The van der Waals surface area contributed by atoms with Gasteiger partial charge in [-0.1, -0.05) is 11.6 Å². The summed E-state index contributed by atoms with van der Waals surface area (Å²) in [7, 11) is -1.52. The van der Waals surface area contributed by atoms with Crippen LogP contribution in [0.4, 0.5) is 4.39 Å². The summed E-state index contributed by atoms with van der Waals surface area (Å²) in [6.07, 6.45) is 1.26. The maximum atomic E-state index is 13.1. The minimum absolute atomic E-state index is 0.0612. The summed E-state index contributed by atoms with van der Waals surface area (Å²) < 4.78 is 45.3. The van der Waals surface area contributed by atoms with E-state index in [1.807, 2.05) is 7.05 Å². The zero-order valence-corrected chi connectivity index (χ0v) is 15.1. The fourth-order valence-corrected chi connectivity index (χ4v) is 4.06. The lowest BCUT2D eigenvalue weighted by Gasteiger charge is -2.29. The fraction of sp³-hybridized carbons (Fsp3) is 0.312. The van der Waals surface area contributed by atoms with Crippen LogP contribution in [-0.2, 0) is 10.0 Å². The Morgan fingerprint density at radius 3 is 2.56 bits per heavy atom. The van der Waals surface area contributed by atoms with E-state index in [2.05, 4.69) is 4.98 Å². The Morgan fingerprint density at radius 2 is 1.96 bits per heavy atom. The van der Waals surface area contributed by atoms with Crippen LogP contribution in [-0.4, -0.2) is 50.9 Å². The fourth-order valence-electron chi connectivity index (χ4n) is 2.50. The summed E-state index contributed by atoms with van der Waals surface area (Å²) in [4.78, 5) is 5.47. The Labute approximate surface area is 150 Å². The first kappa shape index (κ1) is 18.1. The Kier molecular flexibility index (Phi) is 5.24. The number of aromatic nitrogens is 1. The van der Waals surface area contributed by atoms with Crippen LogP contribution in [0.3, 0.4) is 0 Å². The molecule has 2 heterocycles. The third-order valence-corrected chi connectivity index (χ3v) is 6.21. The predicted octanol–water partition coefficient (Wildman–Crippen LogP) is 1.19. The van der Waals surface area contributed by atoms with Gasteiger partial charge in [-0.15, -0.1) is 0 Å². The molecular formula is C16H18ClFN3O3S+. The number of nitrogens with one attached hydrogen (secondary N) is 1. The molecule has 2 aromatic rings. The molecule has 1 aliphatic rings. The number of quaternary nitrogens is 1. The highest BCUT2D eigenvalue weighted by atomic mass is 35.5. The highest BCUT2D eigenvalue weighted by Gasteiger charge is 2.29. The lowest BCUT2D eigenvalue weighted by molar-refractivity contribution is -0.883. The van der Waals surface area contributed by atoms with E-state index < -0.39 is 15.8 Å². The Morgan fingerprint density at radius 1 is 1.24 bits per heavy atom. The molecule has 1 fully saturated rings. The summed E-state index contributed by atoms with van der Waals surface area (Å²) in [6, 6.07) is 6.85. The van der Waals surface area contributed by atoms with Crippen molar-refractivity contribution in [3.63, 3.8) is 0 Å². The zero-order valence-electron chi connectivity index (χ0n) is 13.6. The van der Waals surface area contributed by atoms with Crippen LogP contribution in [0, 0.1) is 5.82 Å². The van der Waals surface area contributed by atoms with Crippen LogP contribution >= 0.6 is 11.6 Å². The molecule has 0 bridgehead atoms. The number of hydrogen-bond acceptors (Lipinski definition) is 4. The van der Waals surface area contributed by atoms with Gasteiger partial charge in [0.15, 0.2) is 0 Å². The third kappa shape index (κ3) is 4.09. The van der Waals surface area contributed by atoms with Crippen molar-refractivity contribution < 1.29 is 22.4 Å². The van der Waals surface area contributed by atoms with Crippen molar-refractivity contribution in [1.29, 1.82) is 0 Å². The van der Waals surface area contributed by atoms with Gasteiger partial charge in [-0.3, -0.25) is 0 Å². The Balaban J connectivity index is 1.74. The Bertz CT molecular complexity index is 853. The summed E-state index contributed by atoms with van der Waals surface area (Å²) in [6.45, 7) is 2.53. The molecule has 0 amide bonds. The van der Waals surface area contributed by atoms with Crippen molar-refractivity contribution in [2.75, 3.05) is 33.2 Å². The number of sulfonamides is 1. The summed E-state index contributed by atoms with van der Waals surface area (Å²) in [5, 5.41) is -0.0612. The largest absolute Gasteiger partial charge is 0.439 e. The maximum absolute atomic E-state index is 13.1. The third-order valence-electron chi connectivity index (χ3n) is 4.04. The number of benzene rings is 1. The molecule has 0 spiro atoms. The van der Waals surface area contributed by atoms with Gasteiger partial charge in [0.2, 0.25) is 15.9 Å². The monoisotopic (exact) mass is 386 g/mol. The van der Waals surface area contributed by atoms with E-state index in [0.717, 1.165) is 13.1 Å². The number of ether oxygens (including phenoxy) is 1.